The average molecular weight is 570 g/mol. The number of esters is 1. The van der Waals surface area contributed by atoms with Crippen LogP contribution in [0.1, 0.15) is 60.9 Å². The summed E-state index contributed by atoms with van der Waals surface area (Å²) in [4.78, 5) is 28.9. The third kappa shape index (κ3) is 8.32. The lowest BCUT2D eigenvalue weighted by molar-refractivity contribution is 0.0526. The molecule has 2 aromatic rings. The number of allylic oxidation sites excluding steroid dienone is 1. The van der Waals surface area contributed by atoms with Crippen LogP contribution in [-0.4, -0.2) is 44.5 Å². The fraction of sp³-hybridized carbons (Fsp3) is 0.345. The van der Waals surface area contributed by atoms with Crippen molar-refractivity contribution >= 4 is 39.7 Å². The van der Waals surface area contributed by atoms with Gasteiger partial charge in [-0.2, -0.15) is 0 Å². The van der Waals surface area contributed by atoms with E-state index in [0.717, 1.165) is 21.4 Å². The van der Waals surface area contributed by atoms with E-state index in [4.69, 9.17) is 4.74 Å². The number of anilines is 1. The summed E-state index contributed by atoms with van der Waals surface area (Å²) in [6, 6.07) is 12.2. The summed E-state index contributed by atoms with van der Waals surface area (Å²) in [5.74, 6) is -0.610. The molecule has 1 aliphatic rings. The Balaban J connectivity index is 0.00000235. The molecule has 2 aromatic carbocycles. The maximum absolute atomic E-state index is 12.9. The number of nitrogens with one attached hydrogen (secondary N) is 3. The Labute approximate surface area is 228 Å². The van der Waals surface area contributed by atoms with E-state index < -0.39 is 5.97 Å². The molecule has 198 valence electrons. The number of benzene rings is 2. The molecular formula is C29H37BrN4O3. The number of para-hydroxylation sites is 1. The van der Waals surface area contributed by atoms with Crippen LogP contribution in [0.25, 0.3) is 0 Å². The van der Waals surface area contributed by atoms with E-state index in [1.54, 1.807) is 44.5 Å². The Morgan fingerprint density at radius 1 is 1.08 bits per heavy atom. The molecule has 37 heavy (non-hydrogen) atoms. The zero-order chi connectivity index (χ0) is 27.4. The third-order valence-electron chi connectivity index (χ3n) is 5.66. The molecule has 7 nitrogen and oxygen atoms in total. The van der Waals surface area contributed by atoms with E-state index in [0.29, 0.717) is 24.4 Å². The topological polar surface area (TPSA) is 91.8 Å². The second kappa shape index (κ2) is 14.4. The van der Waals surface area contributed by atoms with Gasteiger partial charge in [0, 0.05) is 40.0 Å². The van der Waals surface area contributed by atoms with Crippen LogP contribution in [0.2, 0.25) is 0 Å². The first-order chi connectivity index (χ1) is 17.7. The van der Waals surface area contributed by atoms with Crippen LogP contribution in [0, 0.1) is 5.41 Å². The highest BCUT2D eigenvalue weighted by atomic mass is 79.9. The smallest absolute Gasteiger partial charge is 0.338 e. The van der Waals surface area contributed by atoms with Crippen LogP contribution in [0.5, 0.6) is 0 Å². The van der Waals surface area contributed by atoms with Gasteiger partial charge in [-0.1, -0.05) is 45.9 Å². The lowest BCUT2D eigenvalue weighted by Crippen LogP contribution is -2.45. The first-order valence-electron chi connectivity index (χ1n) is 12.4. The molecule has 0 radical (unpaired) electrons. The molecular weight excluding hydrogens is 532 g/mol. The summed E-state index contributed by atoms with van der Waals surface area (Å²) < 4.78 is 5.95. The number of nitrogens with zero attached hydrogens (tertiary/aromatic N) is 1. The Morgan fingerprint density at radius 2 is 1.76 bits per heavy atom. The maximum Gasteiger partial charge on any atom is 0.338 e. The molecule has 0 spiro atoms. The Bertz CT molecular complexity index is 1150. The second-order valence-electron chi connectivity index (χ2n) is 8.65. The summed E-state index contributed by atoms with van der Waals surface area (Å²) in [5.41, 5.74) is 3.46. The highest BCUT2D eigenvalue weighted by Crippen LogP contribution is 2.29. The Hall–Kier alpha value is -3.39. The first-order valence-corrected chi connectivity index (χ1v) is 13.2. The predicted octanol–water partition coefficient (Wildman–Crippen LogP) is 5.94. The maximum atomic E-state index is 12.9. The van der Waals surface area contributed by atoms with Gasteiger partial charge in [-0.25, -0.2) is 4.79 Å². The largest absolute Gasteiger partial charge is 0.462 e. The van der Waals surface area contributed by atoms with E-state index in [-0.39, 0.29) is 17.4 Å². The molecule has 0 aliphatic heterocycles. The highest BCUT2D eigenvalue weighted by molar-refractivity contribution is 9.10. The number of hydrogen-bond donors (Lipinski definition) is 3. The van der Waals surface area contributed by atoms with E-state index in [1.807, 2.05) is 44.2 Å². The molecule has 0 fully saturated rings. The van der Waals surface area contributed by atoms with Crippen LogP contribution in [0.3, 0.4) is 0 Å². The standard InChI is InChI=1S/C27H31BrN4O3.C2H6/c1-5-35-26(34)19-11-9-18(10-12-19)25(33)32-23-15-21(13-14-27(23,2)3)30-17-31-24-20(16-29-4)7-6-8-22(24)28;1-2/h6-16,23,30-31H,5,17H2,1-4H3,(H,32,33);1-2H3/t23-;/m1./s1. The van der Waals surface area contributed by atoms with Crippen LogP contribution in [-0.2, 0) is 4.74 Å². The van der Waals surface area contributed by atoms with Gasteiger partial charge in [-0.05, 0) is 65.3 Å². The lowest BCUT2D eigenvalue weighted by atomic mass is 9.80. The minimum absolute atomic E-state index is 0.209. The van der Waals surface area contributed by atoms with Gasteiger partial charge in [0.15, 0.2) is 0 Å². The number of halogens is 1. The van der Waals surface area contributed by atoms with Crippen LogP contribution in [0.4, 0.5) is 5.69 Å². The van der Waals surface area contributed by atoms with E-state index in [1.165, 1.54) is 0 Å². The molecule has 3 rings (SSSR count). The zero-order valence-electron chi connectivity index (χ0n) is 22.4. The van der Waals surface area contributed by atoms with E-state index >= 15 is 0 Å². The van der Waals surface area contributed by atoms with Gasteiger partial charge in [0.1, 0.15) is 0 Å². The summed E-state index contributed by atoms with van der Waals surface area (Å²) in [6.45, 7) is 10.7. The van der Waals surface area contributed by atoms with Crippen molar-refractivity contribution in [2.45, 2.75) is 40.7 Å². The van der Waals surface area contributed by atoms with Crippen molar-refractivity contribution in [3.05, 3.63) is 87.6 Å². The van der Waals surface area contributed by atoms with Crippen molar-refractivity contribution in [2.24, 2.45) is 10.4 Å². The van der Waals surface area contributed by atoms with Gasteiger partial charge in [0.2, 0.25) is 0 Å². The highest BCUT2D eigenvalue weighted by Gasteiger charge is 2.30. The summed E-state index contributed by atoms with van der Waals surface area (Å²) in [6.07, 6.45) is 7.92. The predicted molar refractivity (Wildman–Crippen MR) is 155 cm³/mol. The van der Waals surface area contributed by atoms with Crippen molar-refractivity contribution in [3.63, 3.8) is 0 Å². The summed E-state index contributed by atoms with van der Waals surface area (Å²) >= 11 is 3.58. The van der Waals surface area contributed by atoms with Gasteiger partial charge in [0.25, 0.3) is 5.91 Å². The summed E-state index contributed by atoms with van der Waals surface area (Å²) in [7, 11) is 1.74. The van der Waals surface area contributed by atoms with Gasteiger partial charge in [-0.3, -0.25) is 9.79 Å². The second-order valence-corrected chi connectivity index (χ2v) is 9.50. The number of amides is 1. The SMILES string of the molecule is CC.CCOC(=O)c1ccc(C(=O)N[C@@H]2C=C(NCNc3c(Br)cccc3C=NC)C=CC2(C)C)cc1. The first kappa shape index (κ1) is 29.8. The van der Waals surface area contributed by atoms with Crippen LogP contribution in [0.15, 0.2) is 75.9 Å². The number of rotatable bonds is 9. The number of carbonyl (C=O) groups is 2. The number of ether oxygens (including phenoxy) is 1. The fourth-order valence-electron chi connectivity index (χ4n) is 3.61. The van der Waals surface area contributed by atoms with Crippen LogP contribution < -0.4 is 16.0 Å². The van der Waals surface area contributed by atoms with Gasteiger partial charge < -0.3 is 20.7 Å². The Morgan fingerprint density at radius 3 is 2.41 bits per heavy atom. The molecule has 8 heteroatoms. The van der Waals surface area contributed by atoms with E-state index in [9.17, 15) is 9.59 Å². The molecule has 1 aliphatic carbocycles. The van der Waals surface area contributed by atoms with Crippen molar-refractivity contribution in [1.82, 2.24) is 10.6 Å². The van der Waals surface area contributed by atoms with Crippen molar-refractivity contribution in [3.8, 4) is 0 Å². The van der Waals surface area contributed by atoms with Gasteiger partial charge in [0.05, 0.1) is 30.6 Å². The quantitative estimate of drug-likeness (QED) is 0.198. The van der Waals surface area contributed by atoms with Crippen molar-refractivity contribution < 1.29 is 14.3 Å². The zero-order valence-corrected chi connectivity index (χ0v) is 24.0. The minimum Gasteiger partial charge on any atom is -0.462 e. The minimum atomic E-state index is -0.401. The average Bonchev–Trinajstić information content (AvgIpc) is 2.89. The third-order valence-corrected chi connectivity index (χ3v) is 6.32. The van der Waals surface area contributed by atoms with Gasteiger partial charge in [-0.15, -0.1) is 0 Å². The number of aliphatic imine (C=N–C) groups is 1. The van der Waals surface area contributed by atoms with E-state index in [2.05, 4.69) is 56.8 Å². The molecule has 0 saturated heterocycles. The molecule has 0 saturated carbocycles. The molecule has 1 amide bonds. The van der Waals surface area contributed by atoms with Gasteiger partial charge >= 0.3 is 5.97 Å². The van der Waals surface area contributed by atoms with Crippen molar-refractivity contribution in [2.75, 3.05) is 25.6 Å². The molecule has 0 bridgehead atoms. The monoisotopic (exact) mass is 568 g/mol. The fourth-order valence-corrected chi connectivity index (χ4v) is 4.13. The molecule has 3 N–H and O–H groups in total. The van der Waals surface area contributed by atoms with Crippen LogP contribution >= 0.6 is 15.9 Å². The lowest BCUT2D eigenvalue weighted by Gasteiger charge is -2.34. The molecule has 0 heterocycles. The molecule has 0 unspecified atom stereocenters. The number of carbonyl (C=O) groups excluding carboxylic acids is 2. The number of hydrogen-bond acceptors (Lipinski definition) is 6. The normalized spacial score (nSPS) is 15.8. The molecule has 0 aromatic heterocycles. The van der Waals surface area contributed by atoms with Crippen molar-refractivity contribution in [1.29, 1.82) is 0 Å². The Kier molecular flexibility index (Phi) is 11.6. The molecule has 1 atom stereocenters. The summed E-state index contributed by atoms with van der Waals surface area (Å²) in [5, 5.41) is 9.87.